The summed E-state index contributed by atoms with van der Waals surface area (Å²) in [6.07, 6.45) is 1.59. The normalized spacial score (nSPS) is 15.0. The van der Waals surface area contributed by atoms with Gasteiger partial charge in [0.05, 0.1) is 24.9 Å². The summed E-state index contributed by atoms with van der Waals surface area (Å²) in [5.74, 6) is 0.340. The molecule has 1 saturated heterocycles. The summed E-state index contributed by atoms with van der Waals surface area (Å²) in [4.78, 5) is 19.1. The van der Waals surface area contributed by atoms with Gasteiger partial charge >= 0.3 is 0 Å². The Balaban J connectivity index is 1.67. The molecule has 1 aromatic heterocycles. The number of pyridine rings is 1. The summed E-state index contributed by atoms with van der Waals surface area (Å²) in [5.41, 5.74) is 2.42. The maximum absolute atomic E-state index is 12.6. The van der Waals surface area contributed by atoms with E-state index in [9.17, 15) is 4.79 Å². The summed E-state index contributed by atoms with van der Waals surface area (Å²) in [5, 5.41) is 3.00. The zero-order valence-corrected chi connectivity index (χ0v) is 15.3. The van der Waals surface area contributed by atoms with Gasteiger partial charge in [-0.25, -0.2) is 4.98 Å². The Bertz CT molecular complexity index is 725. The molecule has 0 spiro atoms. The van der Waals surface area contributed by atoms with E-state index in [2.05, 4.69) is 15.2 Å². The minimum Gasteiger partial charge on any atom is -0.475 e. The number of hydrogen-bond acceptors (Lipinski definition) is 5. The maximum Gasteiger partial charge on any atom is 0.257 e. The fourth-order valence-electron chi connectivity index (χ4n) is 2.80. The van der Waals surface area contributed by atoms with E-state index in [-0.39, 0.29) is 12.0 Å². The van der Waals surface area contributed by atoms with Gasteiger partial charge in [-0.1, -0.05) is 18.2 Å². The highest BCUT2D eigenvalue weighted by Crippen LogP contribution is 2.19. The van der Waals surface area contributed by atoms with Crippen LogP contribution in [0.4, 0.5) is 5.69 Å². The summed E-state index contributed by atoms with van der Waals surface area (Å²) < 4.78 is 10.9. The highest BCUT2D eigenvalue weighted by Gasteiger charge is 2.14. The van der Waals surface area contributed by atoms with Crippen molar-refractivity contribution in [2.24, 2.45) is 0 Å². The molecule has 138 valence electrons. The standard InChI is InChI=1S/C20H25N3O3/c1-15(2)26-19-8-7-16(13-21-19)20(24)22-18-6-4-3-5-17(18)14-23-9-11-25-12-10-23/h3-8,13,15H,9-12,14H2,1-2H3,(H,22,24). The molecule has 1 aliphatic rings. The van der Waals surface area contributed by atoms with E-state index in [1.807, 2.05) is 38.1 Å². The van der Waals surface area contributed by atoms with Gasteiger partial charge in [-0.15, -0.1) is 0 Å². The molecule has 1 aromatic carbocycles. The average Bonchev–Trinajstić information content (AvgIpc) is 2.64. The van der Waals surface area contributed by atoms with Crippen LogP contribution in [0.2, 0.25) is 0 Å². The lowest BCUT2D eigenvalue weighted by atomic mass is 10.1. The van der Waals surface area contributed by atoms with E-state index in [4.69, 9.17) is 9.47 Å². The number of ether oxygens (including phenoxy) is 2. The first-order valence-corrected chi connectivity index (χ1v) is 8.94. The van der Waals surface area contributed by atoms with Crippen molar-refractivity contribution in [3.63, 3.8) is 0 Å². The average molecular weight is 355 g/mol. The van der Waals surface area contributed by atoms with Gasteiger partial charge in [0.25, 0.3) is 5.91 Å². The minimum absolute atomic E-state index is 0.0502. The van der Waals surface area contributed by atoms with Crippen LogP contribution in [-0.2, 0) is 11.3 Å². The van der Waals surface area contributed by atoms with Crippen molar-refractivity contribution in [2.45, 2.75) is 26.5 Å². The first-order valence-electron chi connectivity index (χ1n) is 8.94. The second-order valence-corrected chi connectivity index (χ2v) is 6.55. The number of amides is 1. The number of aromatic nitrogens is 1. The predicted octanol–water partition coefficient (Wildman–Crippen LogP) is 2.95. The molecule has 0 radical (unpaired) electrons. The van der Waals surface area contributed by atoms with Crippen molar-refractivity contribution in [2.75, 3.05) is 31.6 Å². The van der Waals surface area contributed by atoms with E-state index >= 15 is 0 Å². The van der Waals surface area contributed by atoms with Gasteiger partial charge in [0.1, 0.15) is 0 Å². The molecule has 0 unspecified atom stereocenters. The number of benzene rings is 1. The van der Waals surface area contributed by atoms with Crippen LogP contribution in [0.1, 0.15) is 29.8 Å². The first kappa shape index (κ1) is 18.4. The Kier molecular flexibility index (Phi) is 6.20. The monoisotopic (exact) mass is 355 g/mol. The van der Waals surface area contributed by atoms with Gasteiger partial charge in [0.2, 0.25) is 5.88 Å². The number of carbonyl (C=O) groups is 1. The zero-order chi connectivity index (χ0) is 18.4. The lowest BCUT2D eigenvalue weighted by molar-refractivity contribution is 0.0342. The smallest absolute Gasteiger partial charge is 0.257 e. The number of rotatable bonds is 6. The van der Waals surface area contributed by atoms with Crippen molar-refractivity contribution in [1.82, 2.24) is 9.88 Å². The Morgan fingerprint density at radius 2 is 2.00 bits per heavy atom. The third-order valence-corrected chi connectivity index (χ3v) is 4.12. The second kappa shape index (κ2) is 8.78. The molecular weight excluding hydrogens is 330 g/mol. The molecule has 1 amide bonds. The van der Waals surface area contributed by atoms with Gasteiger partial charge in [-0.05, 0) is 31.5 Å². The fourth-order valence-corrected chi connectivity index (χ4v) is 2.80. The molecule has 2 heterocycles. The molecule has 2 aromatic rings. The van der Waals surface area contributed by atoms with Crippen LogP contribution in [0.5, 0.6) is 5.88 Å². The van der Waals surface area contributed by atoms with Crippen LogP contribution < -0.4 is 10.1 Å². The number of nitrogens with one attached hydrogen (secondary N) is 1. The molecule has 0 aliphatic carbocycles. The first-order chi connectivity index (χ1) is 12.6. The van der Waals surface area contributed by atoms with Crippen LogP contribution in [0.3, 0.4) is 0 Å². The SMILES string of the molecule is CC(C)Oc1ccc(C(=O)Nc2ccccc2CN2CCOCC2)cn1. The van der Waals surface area contributed by atoms with Gasteiger partial charge in [-0.3, -0.25) is 9.69 Å². The summed E-state index contributed by atoms with van der Waals surface area (Å²) in [6.45, 7) is 7.99. The van der Waals surface area contributed by atoms with Gasteiger partial charge < -0.3 is 14.8 Å². The Morgan fingerprint density at radius 1 is 1.23 bits per heavy atom. The van der Waals surface area contributed by atoms with Gasteiger partial charge in [0.15, 0.2) is 0 Å². The van der Waals surface area contributed by atoms with Crippen LogP contribution in [-0.4, -0.2) is 48.2 Å². The highest BCUT2D eigenvalue weighted by atomic mass is 16.5. The predicted molar refractivity (Wildman–Crippen MR) is 100 cm³/mol. The number of hydrogen-bond donors (Lipinski definition) is 1. The molecule has 6 nitrogen and oxygen atoms in total. The number of para-hydroxylation sites is 1. The topological polar surface area (TPSA) is 63.7 Å². The van der Waals surface area contributed by atoms with Gasteiger partial charge in [0, 0.05) is 37.6 Å². The largest absolute Gasteiger partial charge is 0.475 e. The van der Waals surface area contributed by atoms with Crippen molar-refractivity contribution in [1.29, 1.82) is 0 Å². The third-order valence-electron chi connectivity index (χ3n) is 4.12. The molecule has 3 rings (SSSR count). The quantitative estimate of drug-likeness (QED) is 0.863. The molecular formula is C20H25N3O3. The lowest BCUT2D eigenvalue weighted by Gasteiger charge is -2.27. The van der Waals surface area contributed by atoms with Gasteiger partial charge in [-0.2, -0.15) is 0 Å². The maximum atomic E-state index is 12.6. The molecule has 6 heteroatoms. The van der Waals surface area contributed by atoms with Crippen molar-refractivity contribution in [3.8, 4) is 5.88 Å². The minimum atomic E-state index is -0.178. The highest BCUT2D eigenvalue weighted by molar-refractivity contribution is 6.04. The van der Waals surface area contributed by atoms with E-state index in [0.29, 0.717) is 11.4 Å². The van der Waals surface area contributed by atoms with Crippen molar-refractivity contribution >= 4 is 11.6 Å². The molecule has 26 heavy (non-hydrogen) atoms. The molecule has 0 atom stereocenters. The molecule has 1 aliphatic heterocycles. The van der Waals surface area contributed by atoms with E-state index in [0.717, 1.165) is 44.1 Å². The molecule has 0 saturated carbocycles. The molecule has 1 fully saturated rings. The number of carbonyl (C=O) groups excluding carboxylic acids is 1. The summed E-state index contributed by atoms with van der Waals surface area (Å²) >= 11 is 0. The molecule has 0 bridgehead atoms. The number of morpholine rings is 1. The van der Waals surface area contributed by atoms with Crippen LogP contribution >= 0.6 is 0 Å². The Labute approximate surface area is 154 Å². The van der Waals surface area contributed by atoms with Crippen molar-refractivity contribution < 1.29 is 14.3 Å². The Hall–Kier alpha value is -2.44. The van der Waals surface area contributed by atoms with Crippen LogP contribution in [0.15, 0.2) is 42.6 Å². The Morgan fingerprint density at radius 3 is 2.69 bits per heavy atom. The summed E-state index contributed by atoms with van der Waals surface area (Å²) in [6, 6.07) is 11.3. The number of anilines is 1. The van der Waals surface area contributed by atoms with E-state index in [1.54, 1.807) is 12.1 Å². The zero-order valence-electron chi connectivity index (χ0n) is 15.3. The molecule has 1 N–H and O–H groups in total. The lowest BCUT2D eigenvalue weighted by Crippen LogP contribution is -2.35. The second-order valence-electron chi connectivity index (χ2n) is 6.55. The number of nitrogens with zero attached hydrogens (tertiary/aromatic N) is 2. The van der Waals surface area contributed by atoms with E-state index in [1.165, 1.54) is 6.20 Å². The summed E-state index contributed by atoms with van der Waals surface area (Å²) in [7, 11) is 0. The van der Waals surface area contributed by atoms with Crippen LogP contribution in [0.25, 0.3) is 0 Å². The van der Waals surface area contributed by atoms with E-state index < -0.39 is 0 Å². The van der Waals surface area contributed by atoms with Crippen LogP contribution in [0, 0.1) is 0 Å². The third kappa shape index (κ3) is 5.03. The fraction of sp³-hybridized carbons (Fsp3) is 0.400. The van der Waals surface area contributed by atoms with Crippen molar-refractivity contribution in [3.05, 3.63) is 53.7 Å².